The van der Waals surface area contributed by atoms with Crippen molar-refractivity contribution in [1.82, 2.24) is 14.2 Å². The number of phenolic OH excluding ortho intramolecular Hbond substituents is 1. The topological polar surface area (TPSA) is 159 Å². The molecule has 0 saturated carbocycles. The number of phenols is 1. The van der Waals surface area contributed by atoms with Crippen molar-refractivity contribution in [3.63, 3.8) is 0 Å². The Morgan fingerprint density at radius 1 is 0.727 bits per heavy atom. The summed E-state index contributed by atoms with van der Waals surface area (Å²) in [7, 11) is -9.61. The van der Waals surface area contributed by atoms with Crippen molar-refractivity contribution >= 4 is 30.1 Å². The first-order valence-electron chi connectivity index (χ1n) is 5.60. The molecule has 0 spiro atoms. The third-order valence-corrected chi connectivity index (χ3v) is 6.96. The lowest BCUT2D eigenvalue weighted by Gasteiger charge is -2.13. The van der Waals surface area contributed by atoms with Crippen LogP contribution in [0.5, 0.6) is 5.75 Å². The minimum Gasteiger partial charge on any atom is -0.505 e. The van der Waals surface area contributed by atoms with Gasteiger partial charge in [-0.1, -0.05) is 0 Å². The van der Waals surface area contributed by atoms with Gasteiger partial charge in [0.05, 0.1) is 4.90 Å². The molecule has 0 saturated heterocycles. The molecule has 1 aromatic carbocycles. The van der Waals surface area contributed by atoms with E-state index in [1.165, 1.54) is 0 Å². The summed E-state index contributed by atoms with van der Waals surface area (Å²) >= 11 is 0. The van der Waals surface area contributed by atoms with Crippen LogP contribution in [0.15, 0.2) is 26.8 Å². The van der Waals surface area contributed by atoms with E-state index in [0.717, 1.165) is 21.1 Å². The summed E-state index contributed by atoms with van der Waals surface area (Å²) in [6.45, 7) is 0. The van der Waals surface area contributed by atoms with E-state index in [1.807, 2.05) is 14.2 Å². The Kier molecular flexibility index (Phi) is 5.21. The van der Waals surface area contributed by atoms with E-state index in [2.05, 4.69) is 0 Å². The van der Waals surface area contributed by atoms with Gasteiger partial charge >= 0.3 is 0 Å². The second-order valence-corrected chi connectivity index (χ2v) is 9.49. The lowest BCUT2D eigenvalue weighted by atomic mass is 10.3. The van der Waals surface area contributed by atoms with Crippen LogP contribution in [0, 0.1) is 0 Å². The Morgan fingerprint density at radius 2 is 1.05 bits per heavy atom. The van der Waals surface area contributed by atoms with Crippen molar-refractivity contribution in [3.05, 3.63) is 12.1 Å². The van der Waals surface area contributed by atoms with Crippen LogP contribution >= 0.6 is 0 Å². The summed E-state index contributed by atoms with van der Waals surface area (Å²) in [5.41, 5.74) is 0. The van der Waals surface area contributed by atoms with Crippen molar-refractivity contribution in [2.24, 2.45) is 0 Å². The quantitative estimate of drug-likeness (QED) is 0.454. The molecule has 0 aliphatic rings. The maximum atomic E-state index is 11.9. The molecular weight excluding hydrogens is 358 g/mol. The van der Waals surface area contributed by atoms with Crippen LogP contribution in [0.25, 0.3) is 0 Å². The van der Waals surface area contributed by atoms with E-state index < -0.39 is 50.5 Å². The van der Waals surface area contributed by atoms with E-state index in [9.17, 15) is 30.4 Å². The first-order valence-corrected chi connectivity index (χ1v) is 10.1. The molecule has 0 aliphatic carbocycles. The molecule has 0 unspecified atom stereocenters. The van der Waals surface area contributed by atoms with Gasteiger partial charge in [-0.3, -0.25) is 0 Å². The van der Waals surface area contributed by atoms with Crippen LogP contribution in [0.2, 0.25) is 0 Å². The number of sulfonamides is 3. The van der Waals surface area contributed by atoms with E-state index in [1.54, 1.807) is 0 Å². The van der Waals surface area contributed by atoms with E-state index in [4.69, 9.17) is 0 Å². The lowest BCUT2D eigenvalue weighted by molar-refractivity contribution is 0.440. The molecule has 0 bridgehead atoms. The molecule has 1 aromatic rings. The number of benzene rings is 1. The molecule has 4 N–H and O–H groups in total. The molecule has 22 heavy (non-hydrogen) atoms. The predicted molar refractivity (Wildman–Crippen MR) is 76.8 cm³/mol. The second kappa shape index (κ2) is 6.10. The van der Waals surface area contributed by atoms with Gasteiger partial charge in [0.2, 0.25) is 30.1 Å². The first-order chi connectivity index (χ1) is 9.93. The second-order valence-electron chi connectivity index (χ2n) is 3.89. The lowest BCUT2D eigenvalue weighted by Crippen LogP contribution is -2.24. The zero-order chi connectivity index (χ0) is 17.3. The molecule has 0 heterocycles. The van der Waals surface area contributed by atoms with Gasteiger partial charge in [-0.15, -0.1) is 0 Å². The van der Waals surface area contributed by atoms with Gasteiger partial charge in [0.15, 0.2) is 5.75 Å². The highest BCUT2D eigenvalue weighted by Crippen LogP contribution is 2.33. The van der Waals surface area contributed by atoms with E-state index in [-0.39, 0.29) is 0 Å². The van der Waals surface area contributed by atoms with Crippen LogP contribution in [-0.2, 0) is 30.1 Å². The predicted octanol–water partition coefficient (Wildman–Crippen LogP) is -1.88. The summed E-state index contributed by atoms with van der Waals surface area (Å²) in [5, 5.41) is 9.93. The van der Waals surface area contributed by atoms with Crippen molar-refractivity contribution in [2.75, 3.05) is 21.1 Å². The zero-order valence-corrected chi connectivity index (χ0v) is 14.2. The number of aromatic hydroxyl groups is 1. The molecule has 13 heteroatoms. The molecule has 0 atom stereocenters. The third-order valence-electron chi connectivity index (χ3n) is 2.71. The van der Waals surface area contributed by atoms with Crippen LogP contribution in [-0.4, -0.2) is 51.5 Å². The molecule has 0 radical (unpaired) electrons. The number of nitrogens with one attached hydrogen (secondary N) is 3. The van der Waals surface area contributed by atoms with E-state index >= 15 is 0 Å². The van der Waals surface area contributed by atoms with E-state index in [0.29, 0.717) is 12.1 Å². The Morgan fingerprint density at radius 3 is 1.32 bits per heavy atom. The molecule has 0 amide bonds. The van der Waals surface area contributed by atoms with Crippen LogP contribution in [0.3, 0.4) is 0 Å². The van der Waals surface area contributed by atoms with Crippen molar-refractivity contribution in [3.8, 4) is 5.75 Å². The van der Waals surface area contributed by atoms with Crippen LogP contribution < -0.4 is 14.2 Å². The highest BCUT2D eigenvalue weighted by molar-refractivity contribution is 7.91. The Labute approximate surface area is 128 Å². The summed E-state index contributed by atoms with van der Waals surface area (Å²) in [5.74, 6) is -1.08. The molecule has 0 aromatic heterocycles. The van der Waals surface area contributed by atoms with Crippen LogP contribution in [0.1, 0.15) is 0 Å². The Balaban J connectivity index is 3.98. The monoisotopic (exact) mass is 373 g/mol. The highest BCUT2D eigenvalue weighted by Gasteiger charge is 2.29. The van der Waals surface area contributed by atoms with Crippen molar-refractivity contribution < 1.29 is 30.4 Å². The fraction of sp³-hybridized carbons (Fsp3) is 0.333. The molecule has 126 valence electrons. The van der Waals surface area contributed by atoms with Gasteiger partial charge < -0.3 is 5.11 Å². The summed E-state index contributed by atoms with van der Waals surface area (Å²) in [6, 6.07) is 1.31. The summed E-state index contributed by atoms with van der Waals surface area (Å²) < 4.78 is 76.7. The van der Waals surface area contributed by atoms with Gasteiger partial charge in [0, 0.05) is 0 Å². The number of hydrogen-bond acceptors (Lipinski definition) is 7. The fourth-order valence-electron chi connectivity index (χ4n) is 1.46. The normalized spacial score (nSPS) is 13.2. The average Bonchev–Trinajstić information content (AvgIpc) is 2.46. The summed E-state index contributed by atoms with van der Waals surface area (Å²) in [4.78, 5) is -2.38. The maximum absolute atomic E-state index is 11.9. The minimum atomic E-state index is -4.30. The number of rotatable bonds is 6. The van der Waals surface area contributed by atoms with Crippen molar-refractivity contribution in [2.45, 2.75) is 14.7 Å². The molecule has 1 rings (SSSR count). The summed E-state index contributed by atoms with van der Waals surface area (Å²) in [6.07, 6.45) is 0. The van der Waals surface area contributed by atoms with Gasteiger partial charge in [0.1, 0.15) is 9.79 Å². The maximum Gasteiger partial charge on any atom is 0.244 e. The smallest absolute Gasteiger partial charge is 0.244 e. The third kappa shape index (κ3) is 3.39. The number of hydrogen-bond donors (Lipinski definition) is 4. The first kappa shape index (κ1) is 18.8. The van der Waals surface area contributed by atoms with Gasteiger partial charge in [0.25, 0.3) is 0 Å². The fourth-order valence-corrected chi connectivity index (χ4v) is 4.19. The SMILES string of the molecule is CNS(=O)(=O)c1cc(S(=O)(=O)NC)c(O)c(S(=O)(=O)NC)c1. The Hall–Kier alpha value is -1.25. The van der Waals surface area contributed by atoms with Gasteiger partial charge in [-0.25, -0.2) is 39.4 Å². The largest absolute Gasteiger partial charge is 0.505 e. The molecule has 0 fully saturated rings. The molecular formula is C9H15N3O7S3. The average molecular weight is 373 g/mol. The standard InChI is InChI=1S/C9H15N3O7S3/c1-10-20(14,15)6-4-7(21(16,17)11-2)9(13)8(5-6)22(18,19)12-3/h4-5,10-13H,1-3H3. The zero-order valence-electron chi connectivity index (χ0n) is 11.8. The van der Waals surface area contributed by atoms with Gasteiger partial charge in [-0.05, 0) is 33.3 Å². The van der Waals surface area contributed by atoms with Crippen molar-refractivity contribution in [1.29, 1.82) is 0 Å². The minimum absolute atomic E-state index is 0.629. The van der Waals surface area contributed by atoms with Gasteiger partial charge in [-0.2, -0.15) is 0 Å². The Bertz CT molecular complexity index is 833. The molecule has 10 nitrogen and oxygen atoms in total. The highest BCUT2D eigenvalue weighted by atomic mass is 32.2. The molecule has 0 aliphatic heterocycles. The van der Waals surface area contributed by atoms with Crippen LogP contribution in [0.4, 0.5) is 0 Å².